The van der Waals surface area contributed by atoms with E-state index in [-0.39, 0.29) is 17.2 Å². The molecule has 0 atom stereocenters. The van der Waals surface area contributed by atoms with E-state index in [4.69, 9.17) is 9.84 Å². The third-order valence-electron chi connectivity index (χ3n) is 2.91. The number of aromatic carboxylic acids is 1. The van der Waals surface area contributed by atoms with Crippen LogP contribution in [0.2, 0.25) is 0 Å². The molecule has 6 heteroatoms. The van der Waals surface area contributed by atoms with Crippen LogP contribution in [0.25, 0.3) is 0 Å². The number of hydrogen-bond acceptors (Lipinski definition) is 4. The molecule has 0 aliphatic rings. The van der Waals surface area contributed by atoms with E-state index in [1.165, 1.54) is 17.8 Å². The Hall–Kier alpha value is -2.47. The van der Waals surface area contributed by atoms with Crippen molar-refractivity contribution in [3.8, 4) is 5.75 Å². The quantitative estimate of drug-likeness (QED) is 0.574. The molecule has 0 heterocycles. The van der Waals surface area contributed by atoms with Crippen molar-refractivity contribution >= 4 is 23.6 Å². The van der Waals surface area contributed by atoms with Crippen LogP contribution in [-0.4, -0.2) is 35.9 Å². The molecule has 120 valence electrons. The summed E-state index contributed by atoms with van der Waals surface area (Å²) < 4.78 is 5.47. The van der Waals surface area contributed by atoms with Crippen LogP contribution in [0.4, 0.5) is 0 Å². The molecule has 0 saturated carbocycles. The van der Waals surface area contributed by atoms with Gasteiger partial charge in [-0.2, -0.15) is 0 Å². The molecule has 2 rings (SSSR count). The first-order valence-electron chi connectivity index (χ1n) is 7.06. The van der Waals surface area contributed by atoms with Crippen molar-refractivity contribution in [2.75, 3.05) is 18.9 Å². The Morgan fingerprint density at radius 1 is 1.04 bits per heavy atom. The standard InChI is InChI=1S/C17H17NO4S/c19-16(18-10-11-22-13-6-2-1-3-7-13)12-23-15-9-5-4-8-14(15)17(20)21/h1-9H,10-12H2,(H,18,19)(H,20,21). The van der Waals surface area contributed by atoms with E-state index in [1.807, 2.05) is 30.3 Å². The molecule has 1 amide bonds. The minimum absolute atomic E-state index is 0.160. The Morgan fingerprint density at radius 3 is 2.48 bits per heavy atom. The van der Waals surface area contributed by atoms with Crippen molar-refractivity contribution in [3.05, 3.63) is 60.2 Å². The highest BCUT2D eigenvalue weighted by atomic mass is 32.2. The van der Waals surface area contributed by atoms with Crippen LogP contribution >= 0.6 is 11.8 Å². The second kappa shape index (κ2) is 8.85. The molecule has 0 aliphatic carbocycles. The van der Waals surface area contributed by atoms with Crippen molar-refractivity contribution in [1.29, 1.82) is 0 Å². The van der Waals surface area contributed by atoms with Crippen molar-refractivity contribution in [2.45, 2.75) is 4.90 Å². The largest absolute Gasteiger partial charge is 0.492 e. The van der Waals surface area contributed by atoms with Gasteiger partial charge in [-0.05, 0) is 24.3 Å². The van der Waals surface area contributed by atoms with Gasteiger partial charge in [0.1, 0.15) is 12.4 Å². The lowest BCUT2D eigenvalue weighted by atomic mass is 10.2. The van der Waals surface area contributed by atoms with E-state index >= 15 is 0 Å². The summed E-state index contributed by atoms with van der Waals surface area (Å²) in [5.74, 6) is -0.238. The molecule has 23 heavy (non-hydrogen) atoms. The van der Waals surface area contributed by atoms with Crippen molar-refractivity contribution < 1.29 is 19.4 Å². The van der Waals surface area contributed by atoms with E-state index in [0.29, 0.717) is 18.0 Å². The summed E-state index contributed by atoms with van der Waals surface area (Å²) in [5.41, 5.74) is 0.206. The molecule has 2 aromatic rings. The fraction of sp³-hybridized carbons (Fsp3) is 0.176. The van der Waals surface area contributed by atoms with Gasteiger partial charge in [0.05, 0.1) is 17.9 Å². The monoisotopic (exact) mass is 331 g/mol. The minimum atomic E-state index is -0.996. The molecule has 0 saturated heterocycles. The highest BCUT2D eigenvalue weighted by Gasteiger charge is 2.11. The Balaban J connectivity index is 1.70. The van der Waals surface area contributed by atoms with Gasteiger partial charge in [-0.3, -0.25) is 4.79 Å². The second-order valence-electron chi connectivity index (χ2n) is 4.60. The van der Waals surface area contributed by atoms with Crippen LogP contribution in [0.1, 0.15) is 10.4 Å². The van der Waals surface area contributed by atoms with Crippen LogP contribution in [-0.2, 0) is 4.79 Å². The summed E-state index contributed by atoms with van der Waals surface area (Å²) in [5, 5.41) is 11.8. The molecule has 5 nitrogen and oxygen atoms in total. The van der Waals surface area contributed by atoms with Gasteiger partial charge in [-0.1, -0.05) is 30.3 Å². The first kappa shape index (κ1) is 16.9. The van der Waals surface area contributed by atoms with Crippen LogP contribution < -0.4 is 10.1 Å². The molecule has 0 aliphatic heterocycles. The normalized spacial score (nSPS) is 10.1. The number of thioether (sulfide) groups is 1. The van der Waals surface area contributed by atoms with Gasteiger partial charge in [-0.25, -0.2) is 4.79 Å². The zero-order chi connectivity index (χ0) is 16.5. The zero-order valence-corrected chi connectivity index (χ0v) is 13.2. The number of hydrogen-bond donors (Lipinski definition) is 2. The number of nitrogens with one attached hydrogen (secondary N) is 1. The number of carbonyl (C=O) groups excluding carboxylic acids is 1. The predicted molar refractivity (Wildman–Crippen MR) is 89.1 cm³/mol. The number of ether oxygens (including phenoxy) is 1. The average molecular weight is 331 g/mol. The van der Waals surface area contributed by atoms with Crippen molar-refractivity contribution in [3.63, 3.8) is 0 Å². The van der Waals surface area contributed by atoms with Gasteiger partial charge in [0.2, 0.25) is 5.91 Å². The van der Waals surface area contributed by atoms with E-state index in [0.717, 1.165) is 5.75 Å². The smallest absolute Gasteiger partial charge is 0.336 e. The number of amides is 1. The maximum absolute atomic E-state index is 11.8. The van der Waals surface area contributed by atoms with Crippen molar-refractivity contribution in [1.82, 2.24) is 5.32 Å². The van der Waals surface area contributed by atoms with Gasteiger partial charge in [0.25, 0.3) is 0 Å². The van der Waals surface area contributed by atoms with Gasteiger partial charge in [-0.15, -0.1) is 11.8 Å². The van der Waals surface area contributed by atoms with Crippen LogP contribution in [0.3, 0.4) is 0 Å². The van der Waals surface area contributed by atoms with Crippen LogP contribution in [0.15, 0.2) is 59.5 Å². The maximum Gasteiger partial charge on any atom is 0.336 e. The first-order chi connectivity index (χ1) is 11.2. The molecular formula is C17H17NO4S. The molecule has 0 radical (unpaired) electrons. The van der Waals surface area contributed by atoms with Gasteiger partial charge >= 0.3 is 5.97 Å². The van der Waals surface area contributed by atoms with Crippen LogP contribution in [0.5, 0.6) is 5.75 Å². The molecule has 0 aromatic heterocycles. The summed E-state index contributed by atoms with van der Waals surface area (Å²) in [6, 6.07) is 16.0. The minimum Gasteiger partial charge on any atom is -0.492 e. The lowest BCUT2D eigenvalue weighted by Gasteiger charge is -2.08. The summed E-state index contributed by atoms with van der Waals surface area (Å²) in [6.07, 6.45) is 0. The third-order valence-corrected chi connectivity index (χ3v) is 3.99. The fourth-order valence-electron chi connectivity index (χ4n) is 1.84. The maximum atomic E-state index is 11.8. The van der Waals surface area contributed by atoms with E-state index in [2.05, 4.69) is 5.32 Å². The Labute approximate surface area is 138 Å². The number of carboxylic acids is 1. The summed E-state index contributed by atoms with van der Waals surface area (Å²) in [6.45, 7) is 0.779. The molecule has 0 spiro atoms. The molecule has 0 bridgehead atoms. The Morgan fingerprint density at radius 2 is 1.74 bits per heavy atom. The first-order valence-corrected chi connectivity index (χ1v) is 8.05. The zero-order valence-electron chi connectivity index (χ0n) is 12.4. The predicted octanol–water partition coefficient (Wildman–Crippen LogP) is 2.67. The number of carboxylic acid groups (broad SMARTS) is 1. The van der Waals surface area contributed by atoms with E-state index < -0.39 is 5.97 Å². The van der Waals surface area contributed by atoms with E-state index in [9.17, 15) is 9.59 Å². The average Bonchev–Trinajstić information content (AvgIpc) is 2.58. The summed E-state index contributed by atoms with van der Waals surface area (Å²) >= 11 is 1.20. The number of rotatable bonds is 8. The number of para-hydroxylation sites is 1. The molecule has 0 fully saturated rings. The van der Waals surface area contributed by atoms with E-state index in [1.54, 1.807) is 18.2 Å². The summed E-state index contributed by atoms with van der Waals surface area (Å²) in [4.78, 5) is 23.4. The lowest BCUT2D eigenvalue weighted by molar-refractivity contribution is -0.118. The molecular weight excluding hydrogens is 314 g/mol. The number of carbonyl (C=O) groups is 2. The van der Waals surface area contributed by atoms with Crippen molar-refractivity contribution in [2.24, 2.45) is 0 Å². The van der Waals surface area contributed by atoms with Gasteiger partial charge in [0, 0.05) is 4.90 Å². The highest BCUT2D eigenvalue weighted by Crippen LogP contribution is 2.22. The number of benzene rings is 2. The lowest BCUT2D eigenvalue weighted by Crippen LogP contribution is -2.29. The molecule has 2 N–H and O–H groups in total. The molecule has 0 unspecified atom stereocenters. The fourth-order valence-corrected chi connectivity index (χ4v) is 2.71. The third kappa shape index (κ3) is 5.67. The second-order valence-corrected chi connectivity index (χ2v) is 5.62. The van der Waals surface area contributed by atoms with Crippen LogP contribution in [0, 0.1) is 0 Å². The molecule has 2 aromatic carbocycles. The summed E-state index contributed by atoms with van der Waals surface area (Å²) in [7, 11) is 0. The topological polar surface area (TPSA) is 75.6 Å². The van der Waals surface area contributed by atoms with Gasteiger partial charge in [0.15, 0.2) is 0 Å². The Bertz CT molecular complexity index is 661. The Kier molecular flexibility index (Phi) is 6.50. The van der Waals surface area contributed by atoms with Gasteiger partial charge < -0.3 is 15.2 Å². The highest BCUT2D eigenvalue weighted by molar-refractivity contribution is 8.00. The SMILES string of the molecule is O=C(CSc1ccccc1C(=O)O)NCCOc1ccccc1.